The van der Waals surface area contributed by atoms with Gasteiger partial charge in [0.25, 0.3) is 6.65 Å². The second-order valence-electron chi connectivity index (χ2n) is 4.37. The fourth-order valence-electron chi connectivity index (χ4n) is 1.95. The molecule has 0 spiro atoms. The first-order valence-electron chi connectivity index (χ1n) is 6.39. The van der Waals surface area contributed by atoms with Crippen molar-refractivity contribution in [1.82, 2.24) is 4.67 Å². The third-order valence-electron chi connectivity index (χ3n) is 3.00. The van der Waals surface area contributed by atoms with Crippen LogP contribution < -0.4 is 0 Å². The number of rotatable bonds is 8. The second-order valence-corrected chi connectivity index (χ2v) is 7.79. The van der Waals surface area contributed by atoms with Gasteiger partial charge >= 0.3 is 5.97 Å². The van der Waals surface area contributed by atoms with Crippen molar-refractivity contribution in [3.8, 4) is 0 Å². The summed E-state index contributed by atoms with van der Waals surface area (Å²) in [6, 6.07) is 8.63. The number of carbonyl (C=O) groups is 1. The maximum absolute atomic E-state index is 12.4. The van der Waals surface area contributed by atoms with Crippen LogP contribution in [-0.2, 0) is 20.5 Å². The molecule has 6 heteroatoms. The van der Waals surface area contributed by atoms with Crippen molar-refractivity contribution < 1.29 is 14.1 Å². The quantitative estimate of drug-likeness (QED) is 0.413. The molecule has 0 unspecified atom stereocenters. The van der Waals surface area contributed by atoms with E-state index < -0.39 is 18.7 Å². The zero-order chi connectivity index (χ0) is 15.9. The first kappa shape index (κ1) is 17.7. The first-order valence-corrected chi connectivity index (χ1v) is 9.02. The molecule has 0 amide bonds. The predicted octanol–water partition coefficient (Wildman–Crippen LogP) is 3.83. The van der Waals surface area contributed by atoms with Crippen LogP contribution in [0.4, 0.5) is 0 Å². The number of methoxy groups -OCH3 is 1. The second kappa shape index (κ2) is 8.18. The van der Waals surface area contributed by atoms with Gasteiger partial charge in [0.05, 0.1) is 7.11 Å². The van der Waals surface area contributed by atoms with Crippen LogP contribution in [0.2, 0.25) is 0 Å². The van der Waals surface area contributed by atoms with Crippen molar-refractivity contribution in [3.05, 3.63) is 60.9 Å². The van der Waals surface area contributed by atoms with Gasteiger partial charge in [0.2, 0.25) is 0 Å². The number of nitrogens with zero attached hydrogens (tertiary/aromatic N) is 1. The normalized spacial score (nSPS) is 15.0. The highest BCUT2D eigenvalue weighted by molar-refractivity contribution is 7.89. The number of halogens is 1. The molecule has 0 aliphatic rings. The molecule has 0 N–H and O–H groups in total. The van der Waals surface area contributed by atoms with Crippen molar-refractivity contribution in [2.75, 3.05) is 13.7 Å². The van der Waals surface area contributed by atoms with Gasteiger partial charge in [0.15, 0.2) is 0 Å². The maximum atomic E-state index is 12.4. The predicted molar refractivity (Wildman–Crippen MR) is 86.5 cm³/mol. The summed E-state index contributed by atoms with van der Waals surface area (Å²) in [4.78, 5) is 12.1. The van der Waals surface area contributed by atoms with Gasteiger partial charge in [-0.3, -0.25) is 9.36 Å². The van der Waals surface area contributed by atoms with E-state index in [-0.39, 0.29) is 6.54 Å². The zero-order valence-electron chi connectivity index (χ0n) is 11.9. The van der Waals surface area contributed by atoms with E-state index in [1.54, 1.807) is 6.08 Å². The van der Waals surface area contributed by atoms with Gasteiger partial charge in [-0.05, 0) is 29.0 Å². The third-order valence-corrected chi connectivity index (χ3v) is 5.59. The van der Waals surface area contributed by atoms with Gasteiger partial charge in [-0.15, -0.1) is 6.58 Å². The molecule has 1 aromatic carbocycles. The fourth-order valence-corrected chi connectivity index (χ4v) is 3.55. The molecule has 1 rings (SSSR count). The number of benzene rings is 1. The fraction of sp³-hybridized carbons (Fsp3) is 0.267. The summed E-state index contributed by atoms with van der Waals surface area (Å²) < 4.78 is 18.6. The van der Waals surface area contributed by atoms with E-state index >= 15 is 0 Å². The lowest BCUT2D eigenvalue weighted by Crippen LogP contribution is -2.40. The standard InChI is InChI=1S/C15H19ClNO3P/c1-4-11-17(21(16,19)5-2)14(15(18)20-3)12-13-9-7-6-8-10-13/h4-10,14H,1-2,11-12H2,3H3/t14-,21-/m0/s1. The van der Waals surface area contributed by atoms with Crippen molar-refractivity contribution in [1.29, 1.82) is 0 Å². The summed E-state index contributed by atoms with van der Waals surface area (Å²) in [5.41, 5.74) is 0.919. The van der Waals surface area contributed by atoms with Crippen LogP contribution in [0, 0.1) is 0 Å². The van der Waals surface area contributed by atoms with Gasteiger partial charge in [-0.1, -0.05) is 43.0 Å². The minimum Gasteiger partial charge on any atom is -0.468 e. The minimum atomic E-state index is -3.36. The van der Waals surface area contributed by atoms with Crippen LogP contribution >= 0.6 is 17.9 Å². The Kier molecular flexibility index (Phi) is 6.90. The Bertz CT molecular complexity index is 547. The van der Waals surface area contributed by atoms with Crippen LogP contribution in [0.25, 0.3) is 0 Å². The molecule has 0 radical (unpaired) electrons. The molecule has 21 heavy (non-hydrogen) atoms. The number of ether oxygens (including phenoxy) is 1. The summed E-state index contributed by atoms with van der Waals surface area (Å²) in [5.74, 6) is 0.669. The van der Waals surface area contributed by atoms with Gasteiger partial charge in [-0.25, -0.2) is 4.67 Å². The molecular formula is C15H19ClNO3P. The lowest BCUT2D eigenvalue weighted by Gasteiger charge is -2.30. The molecule has 0 heterocycles. The van der Waals surface area contributed by atoms with Gasteiger partial charge in [0.1, 0.15) is 6.04 Å². The Balaban J connectivity index is 3.14. The third kappa shape index (κ3) is 4.85. The highest BCUT2D eigenvalue weighted by Gasteiger charge is 2.36. The summed E-state index contributed by atoms with van der Waals surface area (Å²) in [7, 11) is 1.29. The van der Waals surface area contributed by atoms with Crippen LogP contribution in [0.1, 0.15) is 5.56 Å². The number of carbonyl (C=O) groups excluding carboxylic acids is 1. The summed E-state index contributed by atoms with van der Waals surface area (Å²) in [5, 5.41) is 0. The Labute approximate surface area is 130 Å². The topological polar surface area (TPSA) is 46.6 Å². The van der Waals surface area contributed by atoms with E-state index in [0.717, 1.165) is 5.56 Å². The highest BCUT2D eigenvalue weighted by atomic mass is 35.7. The van der Waals surface area contributed by atoms with Crippen LogP contribution in [-0.4, -0.2) is 30.3 Å². The SMILES string of the molecule is C=CCN([C@@H](Cc1ccccc1)C(=O)OC)[P@@](=O)(Cl)C=C. The van der Waals surface area contributed by atoms with Crippen molar-refractivity contribution in [2.24, 2.45) is 0 Å². The van der Waals surface area contributed by atoms with E-state index in [0.29, 0.717) is 6.42 Å². The molecule has 4 nitrogen and oxygen atoms in total. The van der Waals surface area contributed by atoms with E-state index in [1.165, 1.54) is 17.6 Å². The molecule has 0 aliphatic carbocycles. The van der Waals surface area contributed by atoms with E-state index in [4.69, 9.17) is 16.0 Å². The molecule has 114 valence electrons. The summed E-state index contributed by atoms with van der Waals surface area (Å²) >= 11 is 6.04. The highest BCUT2D eigenvalue weighted by Crippen LogP contribution is 2.57. The largest absolute Gasteiger partial charge is 0.468 e. The Morgan fingerprint density at radius 3 is 2.52 bits per heavy atom. The van der Waals surface area contributed by atoms with Gasteiger partial charge in [-0.2, -0.15) is 0 Å². The van der Waals surface area contributed by atoms with Crippen LogP contribution in [0.3, 0.4) is 0 Å². The zero-order valence-corrected chi connectivity index (χ0v) is 13.6. The van der Waals surface area contributed by atoms with Crippen molar-refractivity contribution >= 4 is 23.9 Å². The van der Waals surface area contributed by atoms with Crippen LogP contribution in [0.5, 0.6) is 0 Å². The van der Waals surface area contributed by atoms with E-state index in [2.05, 4.69) is 13.2 Å². The minimum absolute atomic E-state index is 0.194. The Morgan fingerprint density at radius 2 is 2.05 bits per heavy atom. The lowest BCUT2D eigenvalue weighted by atomic mass is 10.1. The van der Waals surface area contributed by atoms with Gasteiger partial charge in [0, 0.05) is 6.54 Å². The smallest absolute Gasteiger partial charge is 0.323 e. The van der Waals surface area contributed by atoms with Crippen molar-refractivity contribution in [2.45, 2.75) is 12.5 Å². The number of hydrogen-bond donors (Lipinski definition) is 0. The average Bonchev–Trinajstić information content (AvgIpc) is 2.50. The summed E-state index contributed by atoms with van der Waals surface area (Å²) in [6.07, 6.45) is 1.88. The Hall–Kier alpha value is -1.35. The maximum Gasteiger partial charge on any atom is 0.323 e. The molecule has 0 saturated carbocycles. The van der Waals surface area contributed by atoms with E-state index in [1.807, 2.05) is 30.3 Å². The summed E-state index contributed by atoms with van der Waals surface area (Å²) in [6.45, 7) is 3.93. The molecule has 0 saturated heterocycles. The molecule has 2 atom stereocenters. The molecule has 0 fully saturated rings. The number of esters is 1. The molecule has 1 aromatic rings. The monoisotopic (exact) mass is 327 g/mol. The van der Waals surface area contributed by atoms with Gasteiger partial charge < -0.3 is 4.74 Å². The van der Waals surface area contributed by atoms with Crippen LogP contribution in [0.15, 0.2) is 55.4 Å². The van der Waals surface area contributed by atoms with E-state index in [9.17, 15) is 9.36 Å². The number of hydrogen-bond acceptors (Lipinski definition) is 3. The van der Waals surface area contributed by atoms with Crippen molar-refractivity contribution in [3.63, 3.8) is 0 Å². The molecular weight excluding hydrogens is 309 g/mol. The first-order chi connectivity index (χ1) is 9.96. The Morgan fingerprint density at radius 1 is 1.43 bits per heavy atom. The molecule has 0 aliphatic heterocycles. The molecule has 0 bridgehead atoms. The average molecular weight is 328 g/mol. The lowest BCUT2D eigenvalue weighted by molar-refractivity contribution is -0.145. The molecule has 0 aromatic heterocycles.